The Morgan fingerprint density at radius 2 is 1.56 bits per heavy atom. The highest BCUT2D eigenvalue weighted by Gasteiger charge is 2.30. The lowest BCUT2D eigenvalue weighted by molar-refractivity contribution is -0.137. The van der Waals surface area contributed by atoms with Crippen molar-refractivity contribution in [3.05, 3.63) is 66.4 Å². The van der Waals surface area contributed by atoms with Gasteiger partial charge < -0.3 is 0 Å². The lowest BCUT2D eigenvalue weighted by atomic mass is 10.1. The molecule has 0 bridgehead atoms. The van der Waals surface area contributed by atoms with Crippen LogP contribution in [0.1, 0.15) is 5.56 Å². The molecule has 0 radical (unpaired) electrons. The third kappa shape index (κ3) is 2.98. The standard InChI is InChI=1S/C18H10F3N3S/c19-18(20,21)12-8-6-11(7-9-12)16-23-24-17(25-16)14-3-1-5-15-13(14)4-2-10-22-15/h1-10H. The molecule has 0 aliphatic rings. The molecule has 4 rings (SSSR count). The fourth-order valence-corrected chi connectivity index (χ4v) is 3.43. The smallest absolute Gasteiger partial charge is 0.256 e. The third-order valence-corrected chi connectivity index (χ3v) is 4.77. The number of aromatic nitrogens is 3. The van der Waals surface area contributed by atoms with Crippen molar-refractivity contribution in [2.75, 3.05) is 0 Å². The van der Waals surface area contributed by atoms with E-state index in [0.29, 0.717) is 15.6 Å². The van der Waals surface area contributed by atoms with Gasteiger partial charge in [-0.15, -0.1) is 10.2 Å². The molecule has 3 nitrogen and oxygen atoms in total. The second kappa shape index (κ2) is 5.93. The van der Waals surface area contributed by atoms with E-state index < -0.39 is 11.7 Å². The molecule has 0 fully saturated rings. The molecule has 0 N–H and O–H groups in total. The molecule has 2 aromatic heterocycles. The number of pyridine rings is 1. The molecule has 0 amide bonds. The summed E-state index contributed by atoms with van der Waals surface area (Å²) in [6, 6.07) is 14.5. The Labute approximate surface area is 144 Å². The Morgan fingerprint density at radius 3 is 2.32 bits per heavy atom. The number of nitrogens with zero attached hydrogens (tertiary/aromatic N) is 3. The second-order valence-corrected chi connectivity index (χ2v) is 6.34. The van der Waals surface area contributed by atoms with E-state index in [1.807, 2.05) is 30.3 Å². The van der Waals surface area contributed by atoms with Crippen LogP contribution >= 0.6 is 11.3 Å². The van der Waals surface area contributed by atoms with E-state index in [2.05, 4.69) is 15.2 Å². The molecule has 0 saturated heterocycles. The summed E-state index contributed by atoms with van der Waals surface area (Å²) < 4.78 is 38.0. The van der Waals surface area contributed by atoms with Crippen LogP contribution in [-0.4, -0.2) is 15.2 Å². The molecular formula is C18H10F3N3S. The normalized spacial score (nSPS) is 11.8. The highest BCUT2D eigenvalue weighted by atomic mass is 32.1. The molecular weight excluding hydrogens is 347 g/mol. The zero-order chi connectivity index (χ0) is 17.4. The molecule has 0 unspecified atom stereocenters. The van der Waals surface area contributed by atoms with E-state index in [0.717, 1.165) is 28.6 Å². The van der Waals surface area contributed by atoms with Crippen LogP contribution in [0.5, 0.6) is 0 Å². The van der Waals surface area contributed by atoms with Gasteiger partial charge in [0.05, 0.1) is 11.1 Å². The van der Waals surface area contributed by atoms with Gasteiger partial charge in [-0.2, -0.15) is 13.2 Å². The minimum absolute atomic E-state index is 0.574. The molecule has 2 heterocycles. The van der Waals surface area contributed by atoms with Gasteiger partial charge in [0.25, 0.3) is 0 Å². The minimum atomic E-state index is -4.35. The summed E-state index contributed by atoms with van der Waals surface area (Å²) >= 11 is 1.34. The van der Waals surface area contributed by atoms with Crippen molar-refractivity contribution in [2.45, 2.75) is 6.18 Å². The van der Waals surface area contributed by atoms with Crippen LogP contribution in [0, 0.1) is 0 Å². The Balaban J connectivity index is 1.73. The average molecular weight is 357 g/mol. The van der Waals surface area contributed by atoms with E-state index in [1.54, 1.807) is 6.20 Å². The Bertz CT molecular complexity index is 1030. The minimum Gasteiger partial charge on any atom is -0.256 e. The third-order valence-electron chi connectivity index (χ3n) is 3.76. The van der Waals surface area contributed by atoms with Crippen molar-refractivity contribution in [2.24, 2.45) is 0 Å². The monoisotopic (exact) mass is 357 g/mol. The van der Waals surface area contributed by atoms with Gasteiger partial charge >= 0.3 is 6.18 Å². The first kappa shape index (κ1) is 15.7. The summed E-state index contributed by atoms with van der Waals surface area (Å²) in [5.74, 6) is 0. The van der Waals surface area contributed by atoms with Gasteiger partial charge in [0, 0.05) is 22.7 Å². The lowest BCUT2D eigenvalue weighted by Crippen LogP contribution is -2.03. The van der Waals surface area contributed by atoms with Crippen LogP contribution in [0.4, 0.5) is 13.2 Å². The molecule has 2 aromatic carbocycles. The van der Waals surface area contributed by atoms with E-state index in [1.165, 1.54) is 23.5 Å². The molecule has 0 aliphatic carbocycles. The summed E-state index contributed by atoms with van der Waals surface area (Å²) in [6.45, 7) is 0. The molecule has 0 atom stereocenters. The molecule has 0 spiro atoms. The van der Waals surface area contributed by atoms with Crippen molar-refractivity contribution in [1.82, 2.24) is 15.2 Å². The number of alkyl halides is 3. The first-order chi connectivity index (χ1) is 12.0. The topological polar surface area (TPSA) is 38.7 Å². The van der Waals surface area contributed by atoms with Gasteiger partial charge in [0.1, 0.15) is 10.0 Å². The highest BCUT2D eigenvalue weighted by molar-refractivity contribution is 7.18. The summed E-state index contributed by atoms with van der Waals surface area (Å²) in [4.78, 5) is 4.31. The van der Waals surface area contributed by atoms with Gasteiger partial charge in [0.2, 0.25) is 0 Å². The first-order valence-corrected chi connectivity index (χ1v) is 8.19. The van der Waals surface area contributed by atoms with Gasteiger partial charge in [0.15, 0.2) is 0 Å². The van der Waals surface area contributed by atoms with Crippen LogP contribution in [0.3, 0.4) is 0 Å². The van der Waals surface area contributed by atoms with Crippen molar-refractivity contribution in [3.63, 3.8) is 0 Å². The first-order valence-electron chi connectivity index (χ1n) is 7.37. The van der Waals surface area contributed by atoms with Gasteiger partial charge in [-0.1, -0.05) is 41.7 Å². The Kier molecular flexibility index (Phi) is 3.73. The van der Waals surface area contributed by atoms with Crippen LogP contribution in [0.2, 0.25) is 0 Å². The SMILES string of the molecule is FC(F)(F)c1ccc(-c2nnc(-c3cccc4ncccc34)s2)cc1. The summed E-state index contributed by atoms with van der Waals surface area (Å²) in [5.41, 5.74) is 1.68. The molecule has 0 saturated carbocycles. The van der Waals surface area contributed by atoms with Gasteiger partial charge in [-0.3, -0.25) is 4.98 Å². The summed E-state index contributed by atoms with van der Waals surface area (Å²) in [7, 11) is 0. The van der Waals surface area contributed by atoms with Crippen LogP contribution in [-0.2, 0) is 6.18 Å². The average Bonchev–Trinajstić information content (AvgIpc) is 3.10. The summed E-state index contributed by atoms with van der Waals surface area (Å²) in [6.07, 6.45) is -2.62. The van der Waals surface area contributed by atoms with Crippen LogP contribution in [0.25, 0.3) is 32.0 Å². The van der Waals surface area contributed by atoms with Crippen molar-refractivity contribution in [1.29, 1.82) is 0 Å². The number of rotatable bonds is 2. The van der Waals surface area contributed by atoms with Crippen molar-refractivity contribution >= 4 is 22.2 Å². The molecule has 0 aliphatic heterocycles. The molecule has 124 valence electrons. The molecule has 25 heavy (non-hydrogen) atoms. The largest absolute Gasteiger partial charge is 0.416 e. The number of hydrogen-bond acceptors (Lipinski definition) is 4. The fourth-order valence-electron chi connectivity index (χ4n) is 2.54. The number of benzene rings is 2. The predicted molar refractivity (Wildman–Crippen MR) is 91.1 cm³/mol. The van der Waals surface area contributed by atoms with E-state index in [9.17, 15) is 13.2 Å². The maximum atomic E-state index is 12.7. The molecule has 4 aromatic rings. The van der Waals surface area contributed by atoms with Crippen LogP contribution in [0.15, 0.2) is 60.8 Å². The Morgan fingerprint density at radius 1 is 0.800 bits per heavy atom. The number of halogens is 3. The van der Waals surface area contributed by atoms with E-state index >= 15 is 0 Å². The second-order valence-electron chi connectivity index (χ2n) is 5.36. The Hall–Kier alpha value is -2.80. The van der Waals surface area contributed by atoms with Crippen molar-refractivity contribution < 1.29 is 13.2 Å². The number of fused-ring (bicyclic) bond motifs is 1. The molecule has 7 heteroatoms. The maximum absolute atomic E-state index is 12.7. The highest BCUT2D eigenvalue weighted by Crippen LogP contribution is 2.35. The number of hydrogen-bond donors (Lipinski definition) is 0. The predicted octanol–water partition coefficient (Wildman–Crippen LogP) is 5.44. The van der Waals surface area contributed by atoms with E-state index in [-0.39, 0.29) is 0 Å². The van der Waals surface area contributed by atoms with Crippen molar-refractivity contribution in [3.8, 4) is 21.1 Å². The van der Waals surface area contributed by atoms with E-state index in [4.69, 9.17) is 0 Å². The van der Waals surface area contributed by atoms with Crippen LogP contribution < -0.4 is 0 Å². The quantitative estimate of drug-likeness (QED) is 0.479. The van der Waals surface area contributed by atoms with Gasteiger partial charge in [-0.05, 0) is 24.3 Å². The zero-order valence-electron chi connectivity index (χ0n) is 12.7. The van der Waals surface area contributed by atoms with Gasteiger partial charge in [-0.25, -0.2) is 0 Å². The maximum Gasteiger partial charge on any atom is 0.416 e. The zero-order valence-corrected chi connectivity index (χ0v) is 13.5. The lowest BCUT2D eigenvalue weighted by Gasteiger charge is -2.06. The summed E-state index contributed by atoms with van der Waals surface area (Å²) in [5, 5.41) is 10.6. The fraction of sp³-hybridized carbons (Fsp3) is 0.0556.